The molecule has 1 aromatic carbocycles. The van der Waals surface area contributed by atoms with Crippen LogP contribution in [0.25, 0.3) is 0 Å². The second-order valence-corrected chi connectivity index (χ2v) is 6.48. The highest BCUT2D eigenvalue weighted by molar-refractivity contribution is 7.91. The standard InChI is InChI=1S/C12H14N2O5S/c15-11(16)9-1-3-10(4-2-9)20(18,19)8-7-14-6-5-13-12(14)17/h1-4H,5-8H2,(H,13,17)(H,15,16). The highest BCUT2D eigenvalue weighted by atomic mass is 32.2. The highest BCUT2D eigenvalue weighted by Gasteiger charge is 2.22. The zero-order valence-electron chi connectivity index (χ0n) is 10.6. The third-order valence-corrected chi connectivity index (χ3v) is 4.75. The Balaban J connectivity index is 2.06. The van der Waals surface area contributed by atoms with E-state index in [4.69, 9.17) is 5.11 Å². The van der Waals surface area contributed by atoms with Gasteiger partial charge in [0, 0.05) is 19.6 Å². The van der Waals surface area contributed by atoms with E-state index in [0.717, 1.165) is 0 Å². The van der Waals surface area contributed by atoms with Gasteiger partial charge in [0.2, 0.25) is 0 Å². The fourth-order valence-corrected chi connectivity index (χ4v) is 3.12. The number of nitrogens with one attached hydrogen (secondary N) is 1. The van der Waals surface area contributed by atoms with Crippen LogP contribution in [-0.2, 0) is 9.84 Å². The maximum atomic E-state index is 12.1. The van der Waals surface area contributed by atoms with Crippen LogP contribution in [0.15, 0.2) is 29.2 Å². The molecule has 0 saturated carbocycles. The molecule has 20 heavy (non-hydrogen) atoms. The molecule has 0 bridgehead atoms. The zero-order valence-corrected chi connectivity index (χ0v) is 11.4. The normalized spacial score (nSPS) is 15.2. The summed E-state index contributed by atoms with van der Waals surface area (Å²) in [7, 11) is -3.53. The van der Waals surface area contributed by atoms with E-state index in [1.807, 2.05) is 0 Å². The lowest BCUT2D eigenvalue weighted by Gasteiger charge is -2.13. The van der Waals surface area contributed by atoms with E-state index in [1.54, 1.807) is 0 Å². The first-order valence-electron chi connectivity index (χ1n) is 5.99. The number of carbonyl (C=O) groups excluding carboxylic acids is 1. The third kappa shape index (κ3) is 3.08. The fraction of sp³-hybridized carbons (Fsp3) is 0.333. The van der Waals surface area contributed by atoms with Crippen LogP contribution in [0.3, 0.4) is 0 Å². The van der Waals surface area contributed by atoms with Gasteiger partial charge in [0.25, 0.3) is 0 Å². The van der Waals surface area contributed by atoms with Gasteiger partial charge >= 0.3 is 12.0 Å². The van der Waals surface area contributed by atoms with Crippen molar-refractivity contribution in [3.8, 4) is 0 Å². The number of carboxylic acid groups (broad SMARTS) is 1. The van der Waals surface area contributed by atoms with Crippen molar-refractivity contribution in [1.82, 2.24) is 10.2 Å². The molecule has 1 saturated heterocycles. The molecule has 0 atom stereocenters. The highest BCUT2D eigenvalue weighted by Crippen LogP contribution is 2.13. The first kappa shape index (κ1) is 14.3. The summed E-state index contributed by atoms with van der Waals surface area (Å²) in [6, 6.07) is 4.77. The summed E-state index contributed by atoms with van der Waals surface area (Å²) in [6.07, 6.45) is 0. The molecule has 0 aliphatic carbocycles. The molecule has 0 aromatic heterocycles. The molecule has 2 rings (SSSR count). The van der Waals surface area contributed by atoms with Crippen LogP contribution in [0, 0.1) is 0 Å². The van der Waals surface area contributed by atoms with E-state index in [-0.39, 0.29) is 28.8 Å². The number of carbonyl (C=O) groups is 2. The molecule has 0 spiro atoms. The van der Waals surface area contributed by atoms with E-state index in [9.17, 15) is 18.0 Å². The van der Waals surface area contributed by atoms with E-state index in [2.05, 4.69) is 5.32 Å². The number of rotatable bonds is 5. The van der Waals surface area contributed by atoms with Gasteiger partial charge in [-0.3, -0.25) is 0 Å². The lowest BCUT2D eigenvalue weighted by atomic mass is 10.2. The summed E-state index contributed by atoms with van der Waals surface area (Å²) in [4.78, 5) is 23.5. The summed E-state index contributed by atoms with van der Waals surface area (Å²) in [5.74, 6) is -1.30. The van der Waals surface area contributed by atoms with Crippen LogP contribution in [0.5, 0.6) is 0 Å². The summed E-state index contributed by atoms with van der Waals surface area (Å²) in [6.45, 7) is 1.13. The number of nitrogens with zero attached hydrogens (tertiary/aromatic N) is 1. The van der Waals surface area contributed by atoms with Crippen molar-refractivity contribution >= 4 is 21.8 Å². The van der Waals surface area contributed by atoms with Crippen LogP contribution in [0.2, 0.25) is 0 Å². The molecule has 1 heterocycles. The van der Waals surface area contributed by atoms with Crippen molar-refractivity contribution in [3.05, 3.63) is 29.8 Å². The van der Waals surface area contributed by atoms with Gasteiger partial charge in [0.15, 0.2) is 9.84 Å². The number of hydrogen-bond acceptors (Lipinski definition) is 4. The Morgan fingerprint density at radius 1 is 1.30 bits per heavy atom. The largest absolute Gasteiger partial charge is 0.478 e. The number of aromatic carboxylic acids is 1. The maximum absolute atomic E-state index is 12.1. The van der Waals surface area contributed by atoms with E-state index in [0.29, 0.717) is 13.1 Å². The van der Waals surface area contributed by atoms with Crippen molar-refractivity contribution < 1.29 is 23.1 Å². The molecule has 0 radical (unpaired) electrons. The molecule has 2 amide bonds. The number of benzene rings is 1. The van der Waals surface area contributed by atoms with Crippen LogP contribution in [0.4, 0.5) is 4.79 Å². The van der Waals surface area contributed by atoms with Crippen molar-refractivity contribution in [3.63, 3.8) is 0 Å². The Bertz CT molecular complexity index is 624. The Kier molecular flexibility index (Phi) is 3.93. The molecule has 2 N–H and O–H groups in total. The minimum absolute atomic E-state index is 0.0304. The third-order valence-electron chi connectivity index (χ3n) is 3.04. The monoisotopic (exact) mass is 298 g/mol. The Hall–Kier alpha value is -2.09. The second-order valence-electron chi connectivity index (χ2n) is 4.37. The van der Waals surface area contributed by atoms with Crippen molar-refractivity contribution in [2.24, 2.45) is 0 Å². The van der Waals surface area contributed by atoms with Crippen molar-refractivity contribution in [2.45, 2.75) is 4.90 Å². The molecule has 1 aliphatic rings. The SMILES string of the molecule is O=C(O)c1ccc(S(=O)(=O)CCN2CCNC2=O)cc1. The number of carboxylic acids is 1. The first-order chi connectivity index (χ1) is 9.40. The lowest BCUT2D eigenvalue weighted by Crippen LogP contribution is -2.32. The average molecular weight is 298 g/mol. The van der Waals surface area contributed by atoms with Crippen molar-refractivity contribution in [2.75, 3.05) is 25.4 Å². The Morgan fingerprint density at radius 3 is 2.45 bits per heavy atom. The topological polar surface area (TPSA) is 104 Å². The average Bonchev–Trinajstić information content (AvgIpc) is 2.82. The number of sulfone groups is 1. The van der Waals surface area contributed by atoms with Gasteiger partial charge in [-0.1, -0.05) is 0 Å². The maximum Gasteiger partial charge on any atom is 0.335 e. The molecule has 1 aromatic rings. The van der Waals surface area contributed by atoms with Crippen LogP contribution >= 0.6 is 0 Å². The molecular formula is C12H14N2O5S. The number of amides is 2. The quantitative estimate of drug-likeness (QED) is 0.807. The number of hydrogen-bond donors (Lipinski definition) is 2. The van der Waals surface area contributed by atoms with E-state index >= 15 is 0 Å². The van der Waals surface area contributed by atoms with Gasteiger partial charge in [-0.05, 0) is 24.3 Å². The van der Waals surface area contributed by atoms with Crippen LogP contribution < -0.4 is 5.32 Å². The summed E-state index contributed by atoms with van der Waals surface area (Å²) in [5.41, 5.74) is 0.0304. The Labute approximate surface area is 116 Å². The van der Waals surface area contributed by atoms with Gasteiger partial charge in [0.05, 0.1) is 16.2 Å². The van der Waals surface area contributed by atoms with E-state index < -0.39 is 15.8 Å². The minimum atomic E-state index is -3.53. The predicted octanol–water partition coefficient (Wildman–Crippen LogP) is 0.184. The van der Waals surface area contributed by atoms with Crippen LogP contribution in [-0.4, -0.2) is 55.8 Å². The number of urea groups is 1. The van der Waals surface area contributed by atoms with Gasteiger partial charge in [0.1, 0.15) is 0 Å². The molecule has 7 nitrogen and oxygen atoms in total. The second kappa shape index (κ2) is 5.49. The van der Waals surface area contributed by atoms with Gasteiger partial charge in [-0.15, -0.1) is 0 Å². The summed E-state index contributed by atoms with van der Waals surface area (Å²) >= 11 is 0. The fourth-order valence-electron chi connectivity index (χ4n) is 1.88. The summed E-state index contributed by atoms with van der Waals surface area (Å²) < 4.78 is 24.1. The van der Waals surface area contributed by atoms with Crippen LogP contribution in [0.1, 0.15) is 10.4 Å². The molecule has 1 aliphatic heterocycles. The van der Waals surface area contributed by atoms with Gasteiger partial charge in [-0.2, -0.15) is 0 Å². The molecule has 0 unspecified atom stereocenters. The smallest absolute Gasteiger partial charge is 0.335 e. The molecule has 1 fully saturated rings. The zero-order chi connectivity index (χ0) is 14.8. The van der Waals surface area contributed by atoms with Gasteiger partial charge < -0.3 is 15.3 Å². The molecule has 8 heteroatoms. The lowest BCUT2D eigenvalue weighted by molar-refractivity contribution is 0.0696. The molecular weight excluding hydrogens is 284 g/mol. The molecule has 108 valence electrons. The van der Waals surface area contributed by atoms with E-state index in [1.165, 1.54) is 29.2 Å². The first-order valence-corrected chi connectivity index (χ1v) is 7.64. The Morgan fingerprint density at radius 2 is 1.95 bits per heavy atom. The van der Waals surface area contributed by atoms with Crippen molar-refractivity contribution in [1.29, 1.82) is 0 Å². The van der Waals surface area contributed by atoms with Gasteiger partial charge in [-0.25, -0.2) is 18.0 Å². The minimum Gasteiger partial charge on any atom is -0.478 e. The predicted molar refractivity (Wildman–Crippen MR) is 70.4 cm³/mol. The summed E-state index contributed by atoms with van der Waals surface area (Å²) in [5, 5.41) is 11.3.